The van der Waals surface area contributed by atoms with Crippen LogP contribution in [0.1, 0.15) is 18.4 Å². The Bertz CT molecular complexity index is 900. The first kappa shape index (κ1) is 20.8. The molecular formula is C20H21ClN4O4. The number of non-ortho nitro benzene ring substituents is 1. The monoisotopic (exact) mass is 416 g/mol. The van der Waals surface area contributed by atoms with Gasteiger partial charge in [-0.15, -0.1) is 0 Å². The number of methoxy groups -OCH3 is 1. The molecule has 2 aromatic carbocycles. The lowest BCUT2D eigenvalue weighted by atomic mass is 9.93. The number of hydrogen-bond donors (Lipinski definition) is 1. The average molecular weight is 417 g/mol. The molecule has 0 aromatic heterocycles. The first-order chi connectivity index (χ1) is 14.0. The third kappa shape index (κ3) is 5.30. The van der Waals surface area contributed by atoms with E-state index in [-0.39, 0.29) is 17.6 Å². The zero-order chi connectivity index (χ0) is 20.8. The summed E-state index contributed by atoms with van der Waals surface area (Å²) in [6.45, 7) is 1.08. The Morgan fingerprint density at radius 2 is 1.97 bits per heavy atom. The quantitative estimate of drug-likeness (QED) is 0.407. The van der Waals surface area contributed by atoms with E-state index in [9.17, 15) is 14.9 Å². The molecule has 0 fully saturated rings. The number of urea groups is 1. The number of halogens is 1. The van der Waals surface area contributed by atoms with Crippen LogP contribution in [0.2, 0.25) is 5.02 Å². The molecule has 1 heterocycles. The van der Waals surface area contributed by atoms with Gasteiger partial charge < -0.3 is 10.1 Å². The van der Waals surface area contributed by atoms with Gasteiger partial charge in [-0.3, -0.25) is 10.1 Å². The second-order valence-electron chi connectivity index (χ2n) is 6.64. The van der Waals surface area contributed by atoms with Crippen molar-refractivity contribution in [1.29, 1.82) is 0 Å². The molecule has 1 atom stereocenters. The summed E-state index contributed by atoms with van der Waals surface area (Å²) in [6.07, 6.45) is 1.68. The third-order valence-electron chi connectivity index (χ3n) is 4.61. The van der Waals surface area contributed by atoms with Crippen molar-refractivity contribution in [3.63, 3.8) is 0 Å². The maximum atomic E-state index is 12.7. The fourth-order valence-electron chi connectivity index (χ4n) is 3.15. The number of ether oxygens (including phenoxy) is 1. The Morgan fingerprint density at radius 1 is 1.28 bits per heavy atom. The van der Waals surface area contributed by atoms with Crippen molar-refractivity contribution in [1.82, 2.24) is 5.01 Å². The van der Waals surface area contributed by atoms with E-state index in [2.05, 4.69) is 10.4 Å². The molecule has 1 aliphatic rings. The Labute approximate surface area is 173 Å². The predicted octanol–water partition coefficient (Wildman–Crippen LogP) is 4.54. The highest BCUT2D eigenvalue weighted by Gasteiger charge is 2.30. The van der Waals surface area contributed by atoms with Crippen LogP contribution in [0.3, 0.4) is 0 Å². The van der Waals surface area contributed by atoms with Crippen LogP contribution in [0.4, 0.5) is 16.2 Å². The molecule has 0 saturated heterocycles. The highest BCUT2D eigenvalue weighted by Crippen LogP contribution is 2.25. The van der Waals surface area contributed by atoms with E-state index in [1.807, 2.05) is 12.1 Å². The van der Waals surface area contributed by atoms with Crippen molar-refractivity contribution in [2.24, 2.45) is 11.0 Å². The van der Waals surface area contributed by atoms with Crippen LogP contribution in [0.25, 0.3) is 0 Å². The maximum Gasteiger partial charge on any atom is 0.342 e. The molecule has 0 aliphatic carbocycles. The van der Waals surface area contributed by atoms with E-state index in [0.717, 1.165) is 24.1 Å². The second-order valence-corrected chi connectivity index (χ2v) is 7.08. The molecular weight excluding hydrogens is 396 g/mol. The molecule has 2 aromatic rings. The standard InChI is InChI=1S/C20H21ClN4O4/c1-29-12-2-3-15-13-24(23-19(15)14-4-6-16(21)7-5-14)20(26)22-17-8-10-18(11-9-17)25(27)28/h4-11,15H,2-3,12-13H2,1H3,(H,22,26). The fourth-order valence-corrected chi connectivity index (χ4v) is 3.27. The SMILES string of the molecule is COCCCC1CN(C(=O)Nc2ccc([N+](=O)[O-])cc2)N=C1c1ccc(Cl)cc1. The van der Waals surface area contributed by atoms with Gasteiger partial charge in [0.15, 0.2) is 0 Å². The summed E-state index contributed by atoms with van der Waals surface area (Å²) < 4.78 is 5.14. The smallest absolute Gasteiger partial charge is 0.342 e. The van der Waals surface area contributed by atoms with Crippen LogP contribution < -0.4 is 5.32 Å². The maximum absolute atomic E-state index is 12.7. The summed E-state index contributed by atoms with van der Waals surface area (Å²) in [6, 6.07) is 12.7. The lowest BCUT2D eigenvalue weighted by Crippen LogP contribution is -2.30. The number of rotatable bonds is 7. The van der Waals surface area contributed by atoms with Crippen molar-refractivity contribution < 1.29 is 14.5 Å². The number of amides is 2. The Morgan fingerprint density at radius 3 is 2.59 bits per heavy atom. The van der Waals surface area contributed by atoms with E-state index in [4.69, 9.17) is 16.3 Å². The van der Waals surface area contributed by atoms with Crippen molar-refractivity contribution >= 4 is 34.7 Å². The number of anilines is 1. The first-order valence-corrected chi connectivity index (χ1v) is 9.52. The minimum atomic E-state index is -0.487. The Balaban J connectivity index is 1.74. The summed E-state index contributed by atoms with van der Waals surface area (Å²) >= 11 is 5.98. The summed E-state index contributed by atoms with van der Waals surface area (Å²) in [5.74, 6) is 0.0777. The first-order valence-electron chi connectivity index (χ1n) is 9.14. The molecule has 1 aliphatic heterocycles. The summed E-state index contributed by atoms with van der Waals surface area (Å²) in [4.78, 5) is 22.9. The lowest BCUT2D eigenvalue weighted by molar-refractivity contribution is -0.384. The molecule has 1 unspecified atom stereocenters. The topological polar surface area (TPSA) is 97.1 Å². The second kappa shape index (κ2) is 9.49. The average Bonchev–Trinajstić information content (AvgIpc) is 3.13. The number of hydrogen-bond acceptors (Lipinski definition) is 5. The molecule has 9 heteroatoms. The Kier molecular flexibility index (Phi) is 6.79. The van der Waals surface area contributed by atoms with Gasteiger partial charge in [0, 0.05) is 42.5 Å². The van der Waals surface area contributed by atoms with Crippen molar-refractivity contribution in [3.8, 4) is 0 Å². The van der Waals surface area contributed by atoms with Crippen LogP contribution >= 0.6 is 11.6 Å². The third-order valence-corrected chi connectivity index (χ3v) is 4.87. The molecule has 1 N–H and O–H groups in total. The predicted molar refractivity (Wildman–Crippen MR) is 111 cm³/mol. The van der Waals surface area contributed by atoms with Gasteiger partial charge in [-0.2, -0.15) is 5.10 Å². The fraction of sp³-hybridized carbons (Fsp3) is 0.300. The molecule has 29 heavy (non-hydrogen) atoms. The van der Waals surface area contributed by atoms with Gasteiger partial charge in [-0.05, 0) is 42.7 Å². The molecule has 2 amide bonds. The Hall–Kier alpha value is -2.97. The van der Waals surface area contributed by atoms with E-state index >= 15 is 0 Å². The van der Waals surface area contributed by atoms with Gasteiger partial charge in [0.05, 0.1) is 17.2 Å². The summed E-state index contributed by atoms with van der Waals surface area (Å²) in [7, 11) is 1.66. The zero-order valence-corrected chi connectivity index (χ0v) is 16.6. The van der Waals surface area contributed by atoms with Crippen LogP contribution in [0.5, 0.6) is 0 Å². The highest BCUT2D eigenvalue weighted by molar-refractivity contribution is 6.30. The normalized spacial score (nSPS) is 15.9. The van der Waals surface area contributed by atoms with Gasteiger partial charge in [-0.25, -0.2) is 9.80 Å². The molecule has 0 bridgehead atoms. The zero-order valence-electron chi connectivity index (χ0n) is 15.9. The number of nitrogens with one attached hydrogen (secondary N) is 1. The van der Waals surface area contributed by atoms with Gasteiger partial charge in [0.2, 0.25) is 0 Å². The number of carbonyl (C=O) groups is 1. The largest absolute Gasteiger partial charge is 0.385 e. The summed E-state index contributed by atoms with van der Waals surface area (Å²) in [5, 5.41) is 20.0. The molecule has 0 spiro atoms. The number of carbonyl (C=O) groups excluding carboxylic acids is 1. The van der Waals surface area contributed by atoms with Gasteiger partial charge in [-0.1, -0.05) is 23.7 Å². The van der Waals surface area contributed by atoms with E-state index in [0.29, 0.717) is 23.9 Å². The molecule has 0 saturated carbocycles. The molecule has 152 valence electrons. The van der Waals surface area contributed by atoms with Crippen molar-refractivity contribution in [2.75, 3.05) is 25.6 Å². The number of nitro groups is 1. The van der Waals surface area contributed by atoms with Gasteiger partial charge in [0.25, 0.3) is 5.69 Å². The number of nitrogens with zero attached hydrogens (tertiary/aromatic N) is 3. The molecule has 0 radical (unpaired) electrons. The minimum absolute atomic E-state index is 0.0366. The van der Waals surface area contributed by atoms with E-state index in [1.54, 1.807) is 19.2 Å². The summed E-state index contributed by atoms with van der Waals surface area (Å²) in [5.41, 5.74) is 2.18. The minimum Gasteiger partial charge on any atom is -0.385 e. The number of hydrazone groups is 1. The number of nitro benzene ring substituents is 1. The van der Waals surface area contributed by atoms with Gasteiger partial charge >= 0.3 is 6.03 Å². The van der Waals surface area contributed by atoms with E-state index < -0.39 is 4.92 Å². The highest BCUT2D eigenvalue weighted by atomic mass is 35.5. The lowest BCUT2D eigenvalue weighted by Gasteiger charge is -2.15. The number of benzene rings is 2. The van der Waals surface area contributed by atoms with Crippen molar-refractivity contribution in [3.05, 3.63) is 69.2 Å². The van der Waals surface area contributed by atoms with Crippen LogP contribution in [-0.2, 0) is 4.74 Å². The van der Waals surface area contributed by atoms with Crippen LogP contribution in [-0.4, -0.2) is 41.9 Å². The van der Waals surface area contributed by atoms with E-state index in [1.165, 1.54) is 29.3 Å². The van der Waals surface area contributed by atoms with Crippen molar-refractivity contribution in [2.45, 2.75) is 12.8 Å². The van der Waals surface area contributed by atoms with Gasteiger partial charge in [0.1, 0.15) is 0 Å². The van der Waals surface area contributed by atoms with Crippen LogP contribution in [0, 0.1) is 16.0 Å². The molecule has 8 nitrogen and oxygen atoms in total. The molecule has 3 rings (SSSR count). The van der Waals surface area contributed by atoms with Crippen LogP contribution in [0.15, 0.2) is 53.6 Å².